The van der Waals surface area contributed by atoms with Crippen molar-refractivity contribution in [3.63, 3.8) is 0 Å². The summed E-state index contributed by atoms with van der Waals surface area (Å²) in [5, 5.41) is -0.271. The minimum absolute atomic E-state index is 0.271. The summed E-state index contributed by atoms with van der Waals surface area (Å²) >= 11 is 5.94. The molecule has 3 rings (SSSR count). The van der Waals surface area contributed by atoms with E-state index in [-0.39, 0.29) is 5.02 Å². The molecule has 29 heavy (non-hydrogen) atoms. The Hall–Kier alpha value is -1.93. The zero-order chi connectivity index (χ0) is 21.6. The number of benzene rings is 2. The second-order valence-corrected chi connectivity index (χ2v) is 9.36. The quantitative estimate of drug-likeness (QED) is 0.656. The highest BCUT2D eigenvalue weighted by atomic mass is 35.5. The van der Waals surface area contributed by atoms with Crippen molar-refractivity contribution in [2.75, 3.05) is 22.7 Å². The van der Waals surface area contributed by atoms with Gasteiger partial charge >= 0.3 is 6.18 Å². The first-order chi connectivity index (χ1) is 13.4. The molecule has 0 saturated carbocycles. The van der Waals surface area contributed by atoms with Crippen molar-refractivity contribution < 1.29 is 21.6 Å². The lowest BCUT2D eigenvalue weighted by molar-refractivity contribution is -0.137. The predicted octanol–water partition coefficient (Wildman–Crippen LogP) is 5.69. The van der Waals surface area contributed by atoms with Crippen LogP contribution in [0.1, 0.15) is 35.1 Å². The van der Waals surface area contributed by atoms with E-state index >= 15 is 0 Å². The van der Waals surface area contributed by atoms with Gasteiger partial charge in [-0.1, -0.05) is 17.7 Å². The third-order valence-electron chi connectivity index (χ3n) is 5.14. The first kappa shape index (κ1) is 21.8. The van der Waals surface area contributed by atoms with Gasteiger partial charge < -0.3 is 4.90 Å². The number of rotatable bonds is 4. The van der Waals surface area contributed by atoms with Gasteiger partial charge in [0.25, 0.3) is 10.0 Å². The second-order valence-electron chi connectivity index (χ2n) is 7.30. The number of hydrogen-bond donors (Lipinski definition) is 1. The number of aryl methyl sites for hydroxylation is 2. The summed E-state index contributed by atoms with van der Waals surface area (Å²) in [5.74, 6) is 0. The minimum Gasteiger partial charge on any atom is -0.371 e. The zero-order valence-electron chi connectivity index (χ0n) is 16.3. The molecule has 0 aliphatic carbocycles. The van der Waals surface area contributed by atoms with Crippen molar-refractivity contribution >= 4 is 33.0 Å². The Labute approximate surface area is 173 Å². The van der Waals surface area contributed by atoms with E-state index in [1.165, 1.54) is 0 Å². The van der Waals surface area contributed by atoms with Gasteiger partial charge in [-0.25, -0.2) is 8.42 Å². The molecule has 1 saturated heterocycles. The Kier molecular flexibility index (Phi) is 5.80. The topological polar surface area (TPSA) is 49.4 Å². The van der Waals surface area contributed by atoms with Gasteiger partial charge in [0.15, 0.2) is 0 Å². The Bertz CT molecular complexity index is 1050. The number of nitrogens with zero attached hydrogens (tertiary/aromatic N) is 1. The van der Waals surface area contributed by atoms with Crippen LogP contribution in [0, 0.1) is 20.8 Å². The Balaban J connectivity index is 2.07. The first-order valence-electron chi connectivity index (χ1n) is 9.17. The number of sulfonamides is 1. The Morgan fingerprint density at radius 3 is 2.24 bits per heavy atom. The van der Waals surface area contributed by atoms with E-state index in [0.717, 1.165) is 54.9 Å². The molecule has 1 aliphatic heterocycles. The number of halogens is 4. The highest BCUT2D eigenvalue weighted by molar-refractivity contribution is 7.92. The van der Waals surface area contributed by atoms with Gasteiger partial charge in [0.05, 0.1) is 16.3 Å². The normalized spacial score (nSPS) is 15.1. The fourth-order valence-electron chi connectivity index (χ4n) is 3.83. The fraction of sp³-hybridized carbons (Fsp3) is 0.400. The SMILES string of the molecule is Cc1cc(C)c(N2CCCC2)c(C)c1NS(=O)(=O)c1cc(C(F)(F)F)ccc1Cl. The molecule has 0 radical (unpaired) electrons. The molecular weight excluding hydrogens is 425 g/mol. The summed E-state index contributed by atoms with van der Waals surface area (Å²) in [5.41, 5.74) is 2.72. The van der Waals surface area contributed by atoms with Gasteiger partial charge in [-0.15, -0.1) is 0 Å². The second kappa shape index (κ2) is 7.72. The monoisotopic (exact) mass is 446 g/mol. The summed E-state index contributed by atoms with van der Waals surface area (Å²) in [4.78, 5) is 1.61. The largest absolute Gasteiger partial charge is 0.416 e. The van der Waals surface area contributed by atoms with Gasteiger partial charge in [0.1, 0.15) is 4.90 Å². The molecule has 0 spiro atoms. The highest BCUT2D eigenvalue weighted by Gasteiger charge is 2.33. The lowest BCUT2D eigenvalue weighted by Crippen LogP contribution is -2.22. The number of anilines is 2. The van der Waals surface area contributed by atoms with Crippen LogP contribution in [0.15, 0.2) is 29.2 Å². The van der Waals surface area contributed by atoms with Crippen molar-refractivity contribution in [3.05, 3.63) is 51.5 Å². The molecule has 0 bridgehead atoms. The van der Waals surface area contributed by atoms with E-state index in [4.69, 9.17) is 11.6 Å². The molecule has 0 unspecified atom stereocenters. The molecule has 1 aliphatic rings. The number of nitrogens with one attached hydrogen (secondary N) is 1. The van der Waals surface area contributed by atoms with Crippen molar-refractivity contribution in [1.82, 2.24) is 0 Å². The smallest absolute Gasteiger partial charge is 0.371 e. The molecule has 0 amide bonds. The zero-order valence-corrected chi connectivity index (χ0v) is 17.9. The average Bonchev–Trinajstić information content (AvgIpc) is 3.12. The molecule has 158 valence electrons. The van der Waals surface area contributed by atoms with Crippen LogP contribution in [0.25, 0.3) is 0 Å². The van der Waals surface area contributed by atoms with Crippen LogP contribution in [0.5, 0.6) is 0 Å². The average molecular weight is 447 g/mol. The molecule has 0 aromatic heterocycles. The summed E-state index contributed by atoms with van der Waals surface area (Å²) in [6.45, 7) is 7.32. The van der Waals surface area contributed by atoms with Crippen LogP contribution in [-0.2, 0) is 16.2 Å². The minimum atomic E-state index is -4.67. The van der Waals surface area contributed by atoms with Crippen LogP contribution in [-0.4, -0.2) is 21.5 Å². The maximum absolute atomic E-state index is 13.0. The third kappa shape index (κ3) is 4.33. The van der Waals surface area contributed by atoms with E-state index in [2.05, 4.69) is 9.62 Å². The van der Waals surface area contributed by atoms with Gasteiger partial charge in [-0.05, 0) is 68.5 Å². The van der Waals surface area contributed by atoms with E-state index in [1.807, 2.05) is 19.9 Å². The third-order valence-corrected chi connectivity index (χ3v) is 6.97. The standard InChI is InChI=1S/C20H22ClF3N2O2S/c1-12-10-13(2)19(26-8-4-5-9-26)14(3)18(12)25-29(27,28)17-11-15(20(22,23)24)6-7-16(17)21/h6-7,10-11,25H,4-5,8-9H2,1-3H3. The van der Waals surface area contributed by atoms with Crippen molar-refractivity contribution in [3.8, 4) is 0 Å². The summed E-state index contributed by atoms with van der Waals surface area (Å²) in [6.07, 6.45) is -2.55. The van der Waals surface area contributed by atoms with Crippen LogP contribution in [0.4, 0.5) is 24.5 Å². The molecule has 2 aromatic carbocycles. The molecule has 1 fully saturated rings. The fourth-order valence-corrected chi connectivity index (χ4v) is 5.56. The maximum Gasteiger partial charge on any atom is 0.416 e. The first-order valence-corrected chi connectivity index (χ1v) is 11.0. The summed E-state index contributed by atoms with van der Waals surface area (Å²) in [6, 6.07) is 4.15. The van der Waals surface area contributed by atoms with E-state index in [0.29, 0.717) is 17.3 Å². The lowest BCUT2D eigenvalue weighted by atomic mass is 10.0. The Morgan fingerprint density at radius 2 is 1.66 bits per heavy atom. The number of hydrogen-bond acceptors (Lipinski definition) is 3. The van der Waals surface area contributed by atoms with E-state index in [1.54, 1.807) is 6.92 Å². The number of alkyl halides is 3. The maximum atomic E-state index is 13.0. The predicted molar refractivity (Wildman–Crippen MR) is 109 cm³/mol. The van der Waals surface area contributed by atoms with Crippen LogP contribution >= 0.6 is 11.6 Å². The summed E-state index contributed by atoms with van der Waals surface area (Å²) < 4.78 is 67.5. The van der Waals surface area contributed by atoms with Crippen LogP contribution in [0.3, 0.4) is 0 Å². The van der Waals surface area contributed by atoms with Gasteiger partial charge in [0, 0.05) is 18.8 Å². The molecule has 9 heteroatoms. The highest BCUT2D eigenvalue weighted by Crippen LogP contribution is 2.38. The van der Waals surface area contributed by atoms with E-state index < -0.39 is 26.7 Å². The molecule has 0 atom stereocenters. The molecule has 2 aromatic rings. The lowest BCUT2D eigenvalue weighted by Gasteiger charge is -2.26. The van der Waals surface area contributed by atoms with Crippen LogP contribution < -0.4 is 9.62 Å². The van der Waals surface area contributed by atoms with Gasteiger partial charge in [-0.3, -0.25) is 4.72 Å². The Morgan fingerprint density at radius 1 is 1.03 bits per heavy atom. The molecule has 1 heterocycles. The van der Waals surface area contributed by atoms with Crippen molar-refractivity contribution in [2.45, 2.75) is 44.7 Å². The van der Waals surface area contributed by atoms with Crippen molar-refractivity contribution in [1.29, 1.82) is 0 Å². The van der Waals surface area contributed by atoms with Gasteiger partial charge in [-0.2, -0.15) is 13.2 Å². The molecule has 4 nitrogen and oxygen atoms in total. The summed E-state index contributed by atoms with van der Waals surface area (Å²) in [7, 11) is -4.33. The van der Waals surface area contributed by atoms with Gasteiger partial charge in [0.2, 0.25) is 0 Å². The van der Waals surface area contributed by atoms with Crippen LogP contribution in [0.2, 0.25) is 5.02 Å². The molecular formula is C20H22ClF3N2O2S. The van der Waals surface area contributed by atoms with E-state index in [9.17, 15) is 21.6 Å². The molecule has 1 N–H and O–H groups in total. The van der Waals surface area contributed by atoms with Crippen molar-refractivity contribution in [2.24, 2.45) is 0 Å².